The van der Waals surface area contributed by atoms with Gasteiger partial charge < -0.3 is 9.15 Å². The van der Waals surface area contributed by atoms with Gasteiger partial charge in [-0.3, -0.25) is 0 Å². The number of nitrogens with zero attached hydrogens (tertiary/aromatic N) is 1. The van der Waals surface area contributed by atoms with Crippen molar-refractivity contribution in [3.63, 3.8) is 0 Å². The minimum atomic E-state index is -0.287. The Hall–Kier alpha value is -3.66. The van der Waals surface area contributed by atoms with Crippen molar-refractivity contribution in [2.45, 2.75) is 32.6 Å². The summed E-state index contributed by atoms with van der Waals surface area (Å²) in [6.07, 6.45) is 2.91. The summed E-state index contributed by atoms with van der Waals surface area (Å²) in [4.78, 5) is 0. The minimum Gasteiger partial charge on any atom is -0.493 e. The Morgan fingerprint density at radius 1 is 0.882 bits per heavy atom. The van der Waals surface area contributed by atoms with Crippen LogP contribution in [0.15, 0.2) is 71.3 Å². The van der Waals surface area contributed by atoms with Crippen molar-refractivity contribution in [3.05, 3.63) is 83.8 Å². The fourth-order valence-corrected chi connectivity index (χ4v) is 5.43. The van der Waals surface area contributed by atoms with Crippen LogP contribution in [0, 0.1) is 12.7 Å². The van der Waals surface area contributed by atoms with E-state index in [0.29, 0.717) is 17.8 Å². The molecule has 0 amide bonds. The minimum absolute atomic E-state index is 0.135. The van der Waals surface area contributed by atoms with Crippen molar-refractivity contribution in [1.29, 1.82) is 0 Å². The van der Waals surface area contributed by atoms with Gasteiger partial charge in [0.05, 0.1) is 17.7 Å². The summed E-state index contributed by atoms with van der Waals surface area (Å²) < 4.78 is 30.3. The van der Waals surface area contributed by atoms with Crippen LogP contribution in [0.5, 0.6) is 5.75 Å². The first-order valence-corrected chi connectivity index (χ1v) is 11.7. The molecule has 5 aromatic rings. The van der Waals surface area contributed by atoms with Crippen molar-refractivity contribution >= 4 is 21.9 Å². The van der Waals surface area contributed by atoms with Crippen LogP contribution < -0.4 is 9.30 Å². The van der Waals surface area contributed by atoms with Crippen LogP contribution in [-0.2, 0) is 12.5 Å². The molecule has 3 nitrogen and oxygen atoms in total. The monoisotopic (exact) mass is 452 g/mol. The van der Waals surface area contributed by atoms with Crippen LogP contribution >= 0.6 is 0 Å². The number of hydrogen-bond acceptors (Lipinski definition) is 2. The molecule has 2 aromatic heterocycles. The predicted octanol–water partition coefficient (Wildman–Crippen LogP) is 7.25. The normalized spacial score (nSPS) is 14.9. The first-order valence-electron chi connectivity index (χ1n) is 11.7. The fraction of sp³-hybridized carbons (Fsp3) is 0.233. The molecule has 4 heteroatoms. The van der Waals surface area contributed by atoms with Gasteiger partial charge in [-0.2, -0.15) is 0 Å². The quantitative estimate of drug-likeness (QED) is 0.264. The molecule has 0 aliphatic carbocycles. The van der Waals surface area contributed by atoms with E-state index in [1.165, 1.54) is 0 Å². The number of pyridine rings is 1. The van der Waals surface area contributed by atoms with Gasteiger partial charge in [0.15, 0.2) is 6.20 Å². The summed E-state index contributed by atoms with van der Waals surface area (Å²) in [6.45, 7) is 7.15. The lowest BCUT2D eigenvalue weighted by molar-refractivity contribution is -0.660. The molecule has 0 saturated heterocycles. The Balaban J connectivity index is 1.72. The number of aromatic nitrogens is 1. The highest BCUT2D eigenvalue weighted by Crippen LogP contribution is 2.48. The molecule has 3 aromatic carbocycles. The summed E-state index contributed by atoms with van der Waals surface area (Å²) in [7, 11) is 2.03. The Bertz CT molecular complexity index is 1600. The molecule has 1 aliphatic heterocycles. The second kappa shape index (κ2) is 7.42. The van der Waals surface area contributed by atoms with Crippen LogP contribution in [-0.4, -0.2) is 6.61 Å². The van der Waals surface area contributed by atoms with Crippen LogP contribution in [0.2, 0.25) is 0 Å². The molecule has 1 aliphatic rings. The van der Waals surface area contributed by atoms with E-state index in [1.54, 1.807) is 6.07 Å². The van der Waals surface area contributed by atoms with Gasteiger partial charge in [0.2, 0.25) is 5.69 Å². The third-order valence-corrected chi connectivity index (χ3v) is 7.24. The maximum atomic E-state index is 15.6. The average Bonchev–Trinajstić information content (AvgIpc) is 3.17. The third kappa shape index (κ3) is 2.98. The lowest BCUT2D eigenvalue weighted by Crippen LogP contribution is -2.30. The molecular formula is C30H27FNO2+. The molecule has 3 heterocycles. The molecule has 0 unspecified atom stereocenters. The highest BCUT2D eigenvalue weighted by atomic mass is 19.1. The zero-order valence-electron chi connectivity index (χ0n) is 19.9. The molecule has 0 saturated carbocycles. The maximum absolute atomic E-state index is 15.6. The Kier molecular flexibility index (Phi) is 4.57. The zero-order valence-corrected chi connectivity index (χ0v) is 19.9. The molecule has 34 heavy (non-hydrogen) atoms. The van der Waals surface area contributed by atoms with E-state index >= 15 is 4.39 Å². The average molecular weight is 453 g/mol. The van der Waals surface area contributed by atoms with Crippen molar-refractivity contribution in [2.24, 2.45) is 7.05 Å². The standard InChI is InChI=1S/C30H27FNO2/c1-18-11-12-19-20-13-14-22(31)26(21-8-7-10-24-27(21)30(2,3)15-17-33-24)29(20)34-28(19)25(18)23-9-5-6-16-32(23)4/h5-14,16H,15,17H2,1-4H3/q+1. The molecule has 6 rings (SSSR count). The Labute approximate surface area is 198 Å². The largest absolute Gasteiger partial charge is 0.493 e. The van der Waals surface area contributed by atoms with E-state index < -0.39 is 0 Å². The van der Waals surface area contributed by atoms with E-state index in [4.69, 9.17) is 9.15 Å². The predicted molar refractivity (Wildman–Crippen MR) is 134 cm³/mol. The number of aryl methyl sites for hydroxylation is 2. The van der Waals surface area contributed by atoms with Gasteiger partial charge in [0.25, 0.3) is 0 Å². The van der Waals surface area contributed by atoms with Gasteiger partial charge in [-0.1, -0.05) is 38.1 Å². The topological polar surface area (TPSA) is 26.2 Å². The molecule has 0 spiro atoms. The molecule has 0 atom stereocenters. The van der Waals surface area contributed by atoms with E-state index in [-0.39, 0.29) is 11.2 Å². The van der Waals surface area contributed by atoms with E-state index in [0.717, 1.165) is 56.5 Å². The van der Waals surface area contributed by atoms with E-state index in [1.807, 2.05) is 49.6 Å². The molecular weight excluding hydrogens is 425 g/mol. The number of hydrogen-bond donors (Lipinski definition) is 0. The third-order valence-electron chi connectivity index (χ3n) is 7.24. The van der Waals surface area contributed by atoms with E-state index in [9.17, 15) is 0 Å². The van der Waals surface area contributed by atoms with Crippen LogP contribution in [0.1, 0.15) is 31.4 Å². The lowest BCUT2D eigenvalue weighted by atomic mass is 9.76. The number of halogens is 1. The van der Waals surface area contributed by atoms with Gasteiger partial charge in [-0.25, -0.2) is 8.96 Å². The van der Waals surface area contributed by atoms with Crippen molar-refractivity contribution in [2.75, 3.05) is 6.61 Å². The van der Waals surface area contributed by atoms with Gasteiger partial charge in [-0.05, 0) is 54.2 Å². The van der Waals surface area contributed by atoms with Gasteiger partial charge >= 0.3 is 0 Å². The smallest absolute Gasteiger partial charge is 0.216 e. The fourth-order valence-electron chi connectivity index (χ4n) is 5.43. The van der Waals surface area contributed by atoms with Crippen molar-refractivity contribution < 1.29 is 18.1 Å². The summed E-state index contributed by atoms with van der Waals surface area (Å²) in [5, 5.41) is 1.90. The highest BCUT2D eigenvalue weighted by molar-refractivity contribution is 6.13. The van der Waals surface area contributed by atoms with Crippen LogP contribution in [0.25, 0.3) is 44.3 Å². The Morgan fingerprint density at radius 3 is 2.44 bits per heavy atom. The maximum Gasteiger partial charge on any atom is 0.216 e. The number of benzene rings is 3. The zero-order chi connectivity index (χ0) is 23.6. The molecule has 0 fully saturated rings. The molecule has 0 radical (unpaired) electrons. The Morgan fingerprint density at radius 2 is 1.65 bits per heavy atom. The van der Waals surface area contributed by atoms with Gasteiger partial charge in [0.1, 0.15) is 29.8 Å². The summed E-state index contributed by atoms with van der Waals surface area (Å²) >= 11 is 0. The van der Waals surface area contributed by atoms with Crippen LogP contribution in [0.3, 0.4) is 0 Å². The number of fused-ring (bicyclic) bond motifs is 4. The second-order valence-corrected chi connectivity index (χ2v) is 9.89. The first-order chi connectivity index (χ1) is 16.4. The number of furan rings is 1. The van der Waals surface area contributed by atoms with Crippen molar-refractivity contribution in [3.8, 4) is 28.1 Å². The number of rotatable bonds is 2. The van der Waals surface area contributed by atoms with Gasteiger partial charge in [-0.15, -0.1) is 0 Å². The summed E-state index contributed by atoms with van der Waals surface area (Å²) in [5.41, 5.74) is 6.81. The van der Waals surface area contributed by atoms with Crippen molar-refractivity contribution in [1.82, 2.24) is 0 Å². The summed E-state index contributed by atoms with van der Waals surface area (Å²) in [6, 6.07) is 19.6. The lowest BCUT2D eigenvalue weighted by Gasteiger charge is -2.34. The molecule has 0 bridgehead atoms. The molecule has 170 valence electrons. The summed E-state index contributed by atoms with van der Waals surface area (Å²) in [5.74, 6) is 0.541. The first kappa shape index (κ1) is 20.9. The second-order valence-electron chi connectivity index (χ2n) is 9.89. The van der Waals surface area contributed by atoms with Gasteiger partial charge in [0, 0.05) is 28.5 Å². The van der Waals surface area contributed by atoms with E-state index in [2.05, 4.69) is 43.5 Å². The molecule has 0 N–H and O–H groups in total. The SMILES string of the molecule is Cc1ccc2c(oc3c(-c4cccc5c4C(C)(C)CCO5)c(F)ccc32)c1-c1cccc[n+]1C. The van der Waals surface area contributed by atoms with Crippen LogP contribution in [0.4, 0.5) is 4.39 Å². The highest BCUT2D eigenvalue weighted by Gasteiger charge is 2.33. The number of ether oxygens (including phenoxy) is 1.